The van der Waals surface area contributed by atoms with E-state index < -0.39 is 9.84 Å². The monoisotopic (exact) mass is 198 g/mol. The molecule has 2 rings (SSSR count). The molecule has 1 atom stereocenters. The summed E-state index contributed by atoms with van der Waals surface area (Å²) in [6.07, 6.45) is 1.32. The molecule has 0 N–H and O–H groups in total. The third-order valence-electron chi connectivity index (χ3n) is 1.99. The molecule has 1 heterocycles. The Bertz CT molecular complexity index is 418. The molecule has 1 aliphatic rings. The normalized spacial score (nSPS) is 21.5. The number of rotatable bonds is 2. The van der Waals surface area contributed by atoms with E-state index in [2.05, 4.69) is 0 Å². The summed E-state index contributed by atoms with van der Waals surface area (Å²) in [6.45, 7) is 0.702. The maximum absolute atomic E-state index is 11.2. The van der Waals surface area contributed by atoms with Crippen LogP contribution in [0.2, 0.25) is 0 Å². The maximum Gasteiger partial charge on any atom is 0.175 e. The molecule has 0 unspecified atom stereocenters. The first-order valence-corrected chi connectivity index (χ1v) is 5.88. The summed E-state index contributed by atoms with van der Waals surface area (Å²) in [5.41, 5.74) is 0.947. The standard InChI is InChI=1S/C9H10O3S/c1-13(10,11)8-4-2-3-7(5-8)9-6-12-9/h2-5,9H,6H2,1H3/t9-/m0/s1. The molecular formula is C9H10O3S. The fourth-order valence-corrected chi connectivity index (χ4v) is 1.86. The molecule has 0 amide bonds. The van der Waals surface area contributed by atoms with Crippen molar-refractivity contribution in [1.29, 1.82) is 0 Å². The minimum absolute atomic E-state index is 0.113. The Balaban J connectivity index is 2.43. The third kappa shape index (κ3) is 1.89. The highest BCUT2D eigenvalue weighted by Crippen LogP contribution is 2.30. The zero-order valence-corrected chi connectivity index (χ0v) is 8.04. The number of sulfone groups is 1. The van der Waals surface area contributed by atoms with Gasteiger partial charge in [0.2, 0.25) is 0 Å². The molecule has 1 aliphatic heterocycles. The summed E-state index contributed by atoms with van der Waals surface area (Å²) in [5.74, 6) is 0. The van der Waals surface area contributed by atoms with Gasteiger partial charge in [-0.3, -0.25) is 0 Å². The van der Waals surface area contributed by atoms with Crippen molar-refractivity contribution in [2.45, 2.75) is 11.0 Å². The van der Waals surface area contributed by atoms with Crippen LogP contribution >= 0.6 is 0 Å². The van der Waals surface area contributed by atoms with Crippen molar-refractivity contribution >= 4 is 9.84 Å². The summed E-state index contributed by atoms with van der Waals surface area (Å²) in [7, 11) is -3.09. The molecule has 0 aliphatic carbocycles. The first kappa shape index (κ1) is 8.72. The second-order valence-electron chi connectivity index (χ2n) is 3.17. The van der Waals surface area contributed by atoms with Crippen molar-refractivity contribution in [3.05, 3.63) is 29.8 Å². The Kier molecular flexibility index (Phi) is 1.89. The van der Waals surface area contributed by atoms with Crippen molar-refractivity contribution in [1.82, 2.24) is 0 Å². The topological polar surface area (TPSA) is 46.7 Å². The van der Waals surface area contributed by atoms with E-state index >= 15 is 0 Å². The van der Waals surface area contributed by atoms with E-state index in [1.165, 1.54) is 6.26 Å². The summed E-state index contributed by atoms with van der Waals surface area (Å²) in [4.78, 5) is 0.362. The highest BCUT2D eigenvalue weighted by Gasteiger charge is 2.25. The minimum Gasteiger partial charge on any atom is -0.368 e. The second kappa shape index (κ2) is 2.82. The Labute approximate surface area is 77.3 Å². The van der Waals surface area contributed by atoms with Crippen molar-refractivity contribution in [3.8, 4) is 0 Å². The second-order valence-corrected chi connectivity index (χ2v) is 5.18. The van der Waals surface area contributed by atoms with E-state index in [4.69, 9.17) is 4.74 Å². The van der Waals surface area contributed by atoms with Crippen LogP contribution in [0.4, 0.5) is 0 Å². The molecule has 0 spiro atoms. The molecule has 13 heavy (non-hydrogen) atoms. The molecule has 1 aromatic rings. The molecule has 4 heteroatoms. The van der Waals surface area contributed by atoms with Crippen LogP contribution in [-0.2, 0) is 14.6 Å². The van der Waals surface area contributed by atoms with E-state index in [1.807, 2.05) is 6.07 Å². The number of benzene rings is 1. The number of hydrogen-bond donors (Lipinski definition) is 0. The average molecular weight is 198 g/mol. The largest absolute Gasteiger partial charge is 0.368 e. The van der Waals surface area contributed by atoms with Gasteiger partial charge in [-0.05, 0) is 17.7 Å². The highest BCUT2D eigenvalue weighted by atomic mass is 32.2. The fourth-order valence-electron chi connectivity index (χ4n) is 1.19. The molecule has 0 aromatic heterocycles. The summed E-state index contributed by atoms with van der Waals surface area (Å²) in [6, 6.07) is 6.90. The van der Waals surface area contributed by atoms with Crippen molar-refractivity contribution in [3.63, 3.8) is 0 Å². The predicted octanol–water partition coefficient (Wildman–Crippen LogP) is 1.16. The van der Waals surface area contributed by atoms with Crippen LogP contribution in [0.1, 0.15) is 11.7 Å². The Hall–Kier alpha value is -0.870. The van der Waals surface area contributed by atoms with E-state index in [1.54, 1.807) is 18.2 Å². The van der Waals surface area contributed by atoms with Gasteiger partial charge in [-0.15, -0.1) is 0 Å². The lowest BCUT2D eigenvalue weighted by Gasteiger charge is -1.99. The first-order valence-electron chi connectivity index (χ1n) is 3.99. The van der Waals surface area contributed by atoms with E-state index in [0.717, 1.165) is 5.56 Å². The van der Waals surface area contributed by atoms with Crippen LogP contribution in [0, 0.1) is 0 Å². The van der Waals surface area contributed by atoms with E-state index in [-0.39, 0.29) is 6.10 Å². The molecule has 1 fully saturated rings. The maximum atomic E-state index is 11.2. The van der Waals surface area contributed by atoms with Crippen LogP contribution in [-0.4, -0.2) is 21.3 Å². The Morgan fingerprint density at radius 1 is 1.46 bits per heavy atom. The molecule has 0 radical (unpaired) electrons. The van der Waals surface area contributed by atoms with Crippen molar-refractivity contribution in [2.24, 2.45) is 0 Å². The highest BCUT2D eigenvalue weighted by molar-refractivity contribution is 7.90. The van der Waals surface area contributed by atoms with Gasteiger partial charge in [0, 0.05) is 6.26 Å². The van der Waals surface area contributed by atoms with Gasteiger partial charge in [0.25, 0.3) is 0 Å². The zero-order chi connectivity index (χ0) is 9.47. The van der Waals surface area contributed by atoms with E-state index in [0.29, 0.717) is 11.5 Å². The van der Waals surface area contributed by atoms with Crippen LogP contribution in [0.5, 0.6) is 0 Å². The van der Waals surface area contributed by atoms with Crippen LogP contribution in [0.15, 0.2) is 29.2 Å². The van der Waals surface area contributed by atoms with Gasteiger partial charge in [-0.25, -0.2) is 8.42 Å². The number of epoxide rings is 1. The number of hydrogen-bond acceptors (Lipinski definition) is 3. The minimum atomic E-state index is -3.09. The Morgan fingerprint density at radius 2 is 2.15 bits per heavy atom. The third-order valence-corrected chi connectivity index (χ3v) is 3.10. The van der Waals surface area contributed by atoms with Gasteiger partial charge in [0.05, 0.1) is 11.5 Å². The first-order chi connectivity index (χ1) is 6.07. The Morgan fingerprint density at radius 3 is 2.69 bits per heavy atom. The molecular weight excluding hydrogens is 188 g/mol. The van der Waals surface area contributed by atoms with Gasteiger partial charge in [0.1, 0.15) is 6.10 Å². The lowest BCUT2D eigenvalue weighted by molar-refractivity contribution is 0.415. The molecule has 1 saturated heterocycles. The summed E-state index contributed by atoms with van der Waals surface area (Å²) in [5, 5.41) is 0. The van der Waals surface area contributed by atoms with Crippen LogP contribution < -0.4 is 0 Å². The lowest BCUT2D eigenvalue weighted by atomic mass is 10.2. The molecule has 0 saturated carbocycles. The van der Waals surface area contributed by atoms with Crippen LogP contribution in [0.25, 0.3) is 0 Å². The average Bonchev–Trinajstić information content (AvgIpc) is 2.85. The number of ether oxygens (including phenoxy) is 1. The molecule has 3 nitrogen and oxygen atoms in total. The quantitative estimate of drug-likeness (QED) is 0.670. The smallest absolute Gasteiger partial charge is 0.175 e. The van der Waals surface area contributed by atoms with Crippen molar-refractivity contribution < 1.29 is 13.2 Å². The van der Waals surface area contributed by atoms with Gasteiger partial charge >= 0.3 is 0 Å². The predicted molar refractivity (Wildman–Crippen MR) is 48.2 cm³/mol. The van der Waals surface area contributed by atoms with Gasteiger partial charge in [-0.2, -0.15) is 0 Å². The fraction of sp³-hybridized carbons (Fsp3) is 0.333. The van der Waals surface area contributed by atoms with Gasteiger partial charge in [0.15, 0.2) is 9.84 Å². The summed E-state index contributed by atoms with van der Waals surface area (Å²) < 4.78 is 27.4. The SMILES string of the molecule is CS(=O)(=O)c1cccc([C@@H]2CO2)c1. The van der Waals surface area contributed by atoms with Gasteiger partial charge < -0.3 is 4.74 Å². The molecule has 70 valence electrons. The van der Waals surface area contributed by atoms with Gasteiger partial charge in [-0.1, -0.05) is 12.1 Å². The van der Waals surface area contributed by atoms with Crippen molar-refractivity contribution in [2.75, 3.05) is 12.9 Å². The molecule has 1 aromatic carbocycles. The van der Waals surface area contributed by atoms with E-state index in [9.17, 15) is 8.42 Å². The lowest BCUT2D eigenvalue weighted by Crippen LogP contribution is -1.97. The summed E-state index contributed by atoms with van der Waals surface area (Å²) >= 11 is 0. The van der Waals surface area contributed by atoms with Crippen LogP contribution in [0.3, 0.4) is 0 Å². The zero-order valence-electron chi connectivity index (χ0n) is 7.23. The molecule has 0 bridgehead atoms.